The van der Waals surface area contributed by atoms with E-state index >= 15 is 0 Å². The summed E-state index contributed by atoms with van der Waals surface area (Å²) < 4.78 is 0. The Balaban J connectivity index is 2.39. The zero-order chi connectivity index (χ0) is 13.4. The van der Waals surface area contributed by atoms with Gasteiger partial charge in [0, 0.05) is 6.20 Å². The van der Waals surface area contributed by atoms with Gasteiger partial charge in [-0.25, -0.2) is 4.79 Å². The van der Waals surface area contributed by atoms with Crippen molar-refractivity contribution in [3.8, 4) is 0 Å². The number of urea groups is 1. The first-order valence-corrected chi connectivity index (χ1v) is 5.99. The fraction of sp³-hybridized carbons (Fsp3) is 0.462. The van der Waals surface area contributed by atoms with Crippen molar-refractivity contribution in [3.63, 3.8) is 0 Å². The number of rotatable bonds is 6. The van der Waals surface area contributed by atoms with Crippen LogP contribution in [0.5, 0.6) is 0 Å². The number of aromatic nitrogens is 1. The molecular formula is C13H18N3O2. The molecule has 97 valence electrons. The normalized spacial score (nSPS) is 13.4. The second-order valence-corrected chi connectivity index (χ2v) is 4.13. The van der Waals surface area contributed by atoms with Gasteiger partial charge >= 0.3 is 6.03 Å². The third-order valence-corrected chi connectivity index (χ3v) is 2.78. The van der Waals surface area contributed by atoms with Crippen LogP contribution in [-0.2, 0) is 11.3 Å². The third-order valence-electron chi connectivity index (χ3n) is 2.78. The third kappa shape index (κ3) is 4.53. The van der Waals surface area contributed by atoms with Gasteiger partial charge in [-0.05, 0) is 18.1 Å². The first-order chi connectivity index (χ1) is 8.67. The molecule has 1 aromatic heterocycles. The first kappa shape index (κ1) is 14.2. The molecule has 0 aliphatic rings. The monoisotopic (exact) mass is 248 g/mol. The van der Waals surface area contributed by atoms with Crippen molar-refractivity contribution in [2.24, 2.45) is 5.92 Å². The van der Waals surface area contributed by atoms with Crippen LogP contribution in [-0.4, -0.2) is 23.3 Å². The Morgan fingerprint density at radius 2 is 2.28 bits per heavy atom. The average Bonchev–Trinajstić information content (AvgIpc) is 2.42. The lowest BCUT2D eigenvalue weighted by Gasteiger charge is -2.18. The highest BCUT2D eigenvalue weighted by atomic mass is 16.2. The van der Waals surface area contributed by atoms with Gasteiger partial charge in [-0.1, -0.05) is 26.3 Å². The molecule has 0 aliphatic carbocycles. The van der Waals surface area contributed by atoms with Gasteiger partial charge in [-0.3, -0.25) is 9.78 Å². The van der Waals surface area contributed by atoms with Crippen LogP contribution in [0.2, 0.25) is 0 Å². The topological polar surface area (TPSA) is 71.1 Å². The number of nitrogens with one attached hydrogen (secondary N) is 2. The minimum atomic E-state index is -0.571. The molecule has 0 aliphatic heterocycles. The lowest BCUT2D eigenvalue weighted by molar-refractivity contribution is 0.235. The molecule has 0 spiro atoms. The molecule has 18 heavy (non-hydrogen) atoms. The highest BCUT2D eigenvalue weighted by Crippen LogP contribution is 2.05. The Hall–Kier alpha value is -1.91. The van der Waals surface area contributed by atoms with Crippen molar-refractivity contribution < 1.29 is 9.59 Å². The Kier molecular flexibility index (Phi) is 5.84. The van der Waals surface area contributed by atoms with E-state index < -0.39 is 6.04 Å². The highest BCUT2D eigenvalue weighted by Gasteiger charge is 2.17. The van der Waals surface area contributed by atoms with E-state index in [1.165, 1.54) is 0 Å². The highest BCUT2D eigenvalue weighted by molar-refractivity contribution is 5.78. The molecule has 2 amide bonds. The molecule has 0 aromatic carbocycles. The second kappa shape index (κ2) is 7.42. The summed E-state index contributed by atoms with van der Waals surface area (Å²) in [5.41, 5.74) is 0.767. The van der Waals surface area contributed by atoms with Crippen LogP contribution < -0.4 is 10.6 Å². The van der Waals surface area contributed by atoms with Crippen LogP contribution >= 0.6 is 0 Å². The SMILES string of the molecule is CCC(C)C([C]=O)NC(=O)NCc1ccccn1. The average molecular weight is 248 g/mol. The van der Waals surface area contributed by atoms with E-state index in [9.17, 15) is 9.59 Å². The van der Waals surface area contributed by atoms with E-state index in [4.69, 9.17) is 0 Å². The molecular weight excluding hydrogens is 230 g/mol. The fourth-order valence-electron chi connectivity index (χ4n) is 1.39. The lowest BCUT2D eigenvalue weighted by atomic mass is 10.0. The van der Waals surface area contributed by atoms with Gasteiger partial charge in [0.2, 0.25) is 6.29 Å². The lowest BCUT2D eigenvalue weighted by Crippen LogP contribution is -2.45. The first-order valence-electron chi connectivity index (χ1n) is 5.99. The van der Waals surface area contributed by atoms with Crippen LogP contribution in [0.25, 0.3) is 0 Å². The van der Waals surface area contributed by atoms with Gasteiger partial charge in [0.1, 0.15) is 0 Å². The molecule has 0 saturated carbocycles. The Morgan fingerprint density at radius 3 is 2.83 bits per heavy atom. The maximum Gasteiger partial charge on any atom is 0.315 e. The molecule has 1 rings (SSSR count). The van der Waals surface area contributed by atoms with Gasteiger partial charge < -0.3 is 10.6 Å². The van der Waals surface area contributed by atoms with Gasteiger partial charge in [0.15, 0.2) is 0 Å². The van der Waals surface area contributed by atoms with E-state index in [0.29, 0.717) is 6.54 Å². The van der Waals surface area contributed by atoms with E-state index in [1.54, 1.807) is 6.20 Å². The number of hydrogen-bond donors (Lipinski definition) is 2. The predicted octanol–water partition coefficient (Wildman–Crippen LogP) is 1.41. The molecule has 1 aromatic rings. The van der Waals surface area contributed by atoms with Crippen LogP contribution in [0, 0.1) is 5.92 Å². The maximum absolute atomic E-state index is 11.6. The van der Waals surface area contributed by atoms with Gasteiger partial charge in [-0.15, -0.1) is 0 Å². The Morgan fingerprint density at radius 1 is 1.50 bits per heavy atom. The molecule has 0 bridgehead atoms. The minimum Gasteiger partial charge on any atom is -0.332 e. The molecule has 5 heteroatoms. The quantitative estimate of drug-likeness (QED) is 0.799. The molecule has 0 fully saturated rings. The van der Waals surface area contributed by atoms with E-state index in [-0.39, 0.29) is 11.9 Å². The number of carbonyl (C=O) groups is 1. The van der Waals surface area contributed by atoms with Crippen molar-refractivity contribution in [2.45, 2.75) is 32.9 Å². The second-order valence-electron chi connectivity index (χ2n) is 4.13. The maximum atomic E-state index is 11.6. The summed E-state index contributed by atoms with van der Waals surface area (Å²) in [6.07, 6.45) is 4.31. The van der Waals surface area contributed by atoms with Crippen molar-refractivity contribution in [3.05, 3.63) is 30.1 Å². The summed E-state index contributed by atoms with van der Waals surface area (Å²) in [6, 6.07) is 4.53. The summed E-state index contributed by atoms with van der Waals surface area (Å²) in [6.45, 7) is 4.19. The summed E-state index contributed by atoms with van der Waals surface area (Å²) in [4.78, 5) is 26.4. The van der Waals surface area contributed by atoms with Gasteiger partial charge in [0.25, 0.3) is 0 Å². The number of nitrogens with zero attached hydrogens (tertiary/aromatic N) is 1. The number of hydrogen-bond acceptors (Lipinski definition) is 3. The zero-order valence-electron chi connectivity index (χ0n) is 10.6. The summed E-state index contributed by atoms with van der Waals surface area (Å²) in [5, 5.41) is 5.24. The van der Waals surface area contributed by atoms with Crippen molar-refractivity contribution >= 4 is 12.3 Å². The van der Waals surface area contributed by atoms with Crippen LogP contribution in [0.4, 0.5) is 4.79 Å². The van der Waals surface area contributed by atoms with Crippen LogP contribution in [0.15, 0.2) is 24.4 Å². The number of pyridine rings is 1. The van der Waals surface area contributed by atoms with Gasteiger partial charge in [-0.2, -0.15) is 0 Å². The van der Waals surface area contributed by atoms with Crippen molar-refractivity contribution in [1.82, 2.24) is 15.6 Å². The standard InChI is InChI=1S/C13H18N3O2/c1-3-10(2)12(9-17)16-13(18)15-8-11-6-4-5-7-14-11/h4-7,10,12H,3,8H2,1-2H3,(H2,15,16,18). The number of amides is 2. The largest absolute Gasteiger partial charge is 0.332 e. The smallest absolute Gasteiger partial charge is 0.315 e. The number of carbonyl (C=O) groups excluding carboxylic acids is 2. The summed E-state index contributed by atoms with van der Waals surface area (Å²) in [5.74, 6) is 0.0723. The van der Waals surface area contributed by atoms with E-state index in [2.05, 4.69) is 15.6 Å². The molecule has 2 unspecified atom stereocenters. The zero-order valence-corrected chi connectivity index (χ0v) is 10.6. The van der Waals surface area contributed by atoms with E-state index in [0.717, 1.165) is 12.1 Å². The molecule has 0 saturated heterocycles. The van der Waals surface area contributed by atoms with Crippen LogP contribution in [0.3, 0.4) is 0 Å². The van der Waals surface area contributed by atoms with Crippen LogP contribution in [0.1, 0.15) is 26.0 Å². The molecule has 5 nitrogen and oxygen atoms in total. The van der Waals surface area contributed by atoms with Crippen molar-refractivity contribution in [2.75, 3.05) is 0 Å². The molecule has 2 N–H and O–H groups in total. The summed E-state index contributed by atoms with van der Waals surface area (Å²) in [7, 11) is 0. The summed E-state index contributed by atoms with van der Waals surface area (Å²) >= 11 is 0. The Bertz CT molecular complexity index is 381. The van der Waals surface area contributed by atoms with Crippen molar-refractivity contribution in [1.29, 1.82) is 0 Å². The molecule has 2 atom stereocenters. The minimum absolute atomic E-state index is 0.0723. The predicted molar refractivity (Wildman–Crippen MR) is 68.5 cm³/mol. The molecule has 1 heterocycles. The van der Waals surface area contributed by atoms with Gasteiger partial charge in [0.05, 0.1) is 18.3 Å². The Labute approximate surface area is 107 Å². The molecule has 1 radical (unpaired) electrons. The fourth-order valence-corrected chi connectivity index (χ4v) is 1.39. The van der Waals surface area contributed by atoms with E-state index in [1.807, 2.05) is 38.3 Å².